The smallest absolute Gasteiger partial charge is 0.193 e. The molecule has 130 valence electrons. The summed E-state index contributed by atoms with van der Waals surface area (Å²) in [5.41, 5.74) is 1.44. The maximum absolute atomic E-state index is 12.7. The highest BCUT2D eigenvalue weighted by Gasteiger charge is 2.19. The molecule has 0 bridgehead atoms. The molecule has 0 saturated heterocycles. The fourth-order valence-electron chi connectivity index (χ4n) is 2.32. The number of rotatable bonds is 10. The predicted octanol–water partition coefficient (Wildman–Crippen LogP) is 4.45. The molecule has 1 aliphatic carbocycles. The van der Waals surface area contributed by atoms with Gasteiger partial charge in [0.05, 0.1) is 7.11 Å². The summed E-state index contributed by atoms with van der Waals surface area (Å²) in [6.07, 6.45) is 13.4. The first-order valence-corrected chi connectivity index (χ1v) is 7.97. The van der Waals surface area contributed by atoms with E-state index >= 15 is 0 Å². The Morgan fingerprint density at radius 3 is 2.52 bits per heavy atom. The van der Waals surface area contributed by atoms with Crippen molar-refractivity contribution in [2.45, 2.75) is 6.42 Å². The lowest BCUT2D eigenvalue weighted by atomic mass is 10.1. The van der Waals surface area contributed by atoms with E-state index in [1.54, 1.807) is 30.4 Å². The van der Waals surface area contributed by atoms with E-state index < -0.39 is 0 Å². The quantitative estimate of drug-likeness (QED) is 0.359. The van der Waals surface area contributed by atoms with Crippen molar-refractivity contribution in [2.75, 3.05) is 20.3 Å². The molecule has 1 aromatic carbocycles. The van der Waals surface area contributed by atoms with Crippen LogP contribution in [0.25, 0.3) is 0 Å². The van der Waals surface area contributed by atoms with Gasteiger partial charge in [0.15, 0.2) is 5.78 Å². The van der Waals surface area contributed by atoms with Crippen LogP contribution in [0.2, 0.25) is 0 Å². The summed E-state index contributed by atoms with van der Waals surface area (Å²) in [6.45, 7) is 7.88. The lowest BCUT2D eigenvalue weighted by Crippen LogP contribution is -2.06. The molecule has 0 spiro atoms. The molecule has 0 aromatic heterocycles. The molecule has 0 atom stereocenters. The van der Waals surface area contributed by atoms with Gasteiger partial charge in [0.1, 0.15) is 36.0 Å². The SMILES string of the molecule is C=CCOc1cc(OC)c(C(=O)/C=C/C2=CC=CC2)c(OCC=C)c1. The zero-order valence-electron chi connectivity index (χ0n) is 14.4. The zero-order valence-corrected chi connectivity index (χ0v) is 14.4. The maximum atomic E-state index is 12.7. The molecule has 0 radical (unpaired) electrons. The molecule has 0 aliphatic heterocycles. The second-order valence-corrected chi connectivity index (χ2v) is 5.27. The van der Waals surface area contributed by atoms with Crippen LogP contribution < -0.4 is 14.2 Å². The highest BCUT2D eigenvalue weighted by molar-refractivity contribution is 6.09. The highest BCUT2D eigenvalue weighted by Crippen LogP contribution is 2.35. The average molecular weight is 338 g/mol. The van der Waals surface area contributed by atoms with Crippen LogP contribution in [0.5, 0.6) is 17.2 Å². The summed E-state index contributed by atoms with van der Waals surface area (Å²) in [4.78, 5) is 12.7. The minimum absolute atomic E-state index is 0.195. The molecular formula is C21H22O4. The summed E-state index contributed by atoms with van der Waals surface area (Å²) in [7, 11) is 1.51. The molecule has 0 N–H and O–H groups in total. The molecule has 2 rings (SSSR count). The van der Waals surface area contributed by atoms with Crippen molar-refractivity contribution in [3.05, 3.63) is 79.0 Å². The standard InChI is InChI=1S/C21H22O4/c1-4-12-24-17-14-19(23-3)21(20(15-17)25-13-5-2)18(22)11-10-16-8-6-7-9-16/h4-8,10-11,14-15H,1-2,9,12-13H2,3H3/b11-10+. The van der Waals surface area contributed by atoms with Crippen LogP contribution in [-0.2, 0) is 0 Å². The average Bonchev–Trinajstić information content (AvgIpc) is 3.15. The Morgan fingerprint density at radius 2 is 1.88 bits per heavy atom. The van der Waals surface area contributed by atoms with E-state index in [1.165, 1.54) is 13.2 Å². The molecule has 0 fully saturated rings. The lowest BCUT2D eigenvalue weighted by Gasteiger charge is -2.15. The van der Waals surface area contributed by atoms with Gasteiger partial charge < -0.3 is 14.2 Å². The molecular weight excluding hydrogens is 316 g/mol. The van der Waals surface area contributed by atoms with Gasteiger partial charge in [-0.2, -0.15) is 0 Å². The van der Waals surface area contributed by atoms with Gasteiger partial charge in [-0.1, -0.05) is 49.6 Å². The third-order valence-electron chi connectivity index (χ3n) is 3.48. The maximum Gasteiger partial charge on any atom is 0.193 e. The number of hydrogen-bond acceptors (Lipinski definition) is 4. The first kappa shape index (κ1) is 18.3. The summed E-state index contributed by atoms with van der Waals surface area (Å²) in [5, 5.41) is 0. The van der Waals surface area contributed by atoms with Crippen LogP contribution >= 0.6 is 0 Å². The number of benzene rings is 1. The van der Waals surface area contributed by atoms with Crippen LogP contribution in [0.15, 0.2) is 73.4 Å². The van der Waals surface area contributed by atoms with E-state index in [0.29, 0.717) is 29.4 Å². The first-order chi connectivity index (χ1) is 12.2. The van der Waals surface area contributed by atoms with Gasteiger partial charge in [0, 0.05) is 12.1 Å². The third kappa shape index (κ3) is 4.98. The van der Waals surface area contributed by atoms with Crippen LogP contribution in [-0.4, -0.2) is 26.1 Å². The van der Waals surface area contributed by atoms with Crippen LogP contribution in [0, 0.1) is 0 Å². The van der Waals surface area contributed by atoms with Crippen LogP contribution in [0.3, 0.4) is 0 Å². The topological polar surface area (TPSA) is 44.8 Å². The van der Waals surface area contributed by atoms with Crippen LogP contribution in [0.1, 0.15) is 16.8 Å². The summed E-state index contributed by atoms with van der Waals surface area (Å²) < 4.78 is 16.6. The number of allylic oxidation sites excluding steroid dienone is 6. The second kappa shape index (κ2) is 9.33. The van der Waals surface area contributed by atoms with Crippen molar-refractivity contribution in [1.29, 1.82) is 0 Å². The Balaban J connectivity index is 2.35. The van der Waals surface area contributed by atoms with Crippen molar-refractivity contribution in [2.24, 2.45) is 0 Å². The Bertz CT molecular complexity index is 739. The Morgan fingerprint density at radius 1 is 1.16 bits per heavy atom. The molecule has 25 heavy (non-hydrogen) atoms. The van der Waals surface area contributed by atoms with E-state index in [0.717, 1.165) is 12.0 Å². The summed E-state index contributed by atoms with van der Waals surface area (Å²) in [6, 6.07) is 3.34. The molecule has 0 unspecified atom stereocenters. The lowest BCUT2D eigenvalue weighted by molar-refractivity contribution is 0.104. The van der Waals surface area contributed by atoms with Gasteiger partial charge in [0.2, 0.25) is 0 Å². The van der Waals surface area contributed by atoms with Gasteiger partial charge in [0.25, 0.3) is 0 Å². The molecule has 0 amide bonds. The number of carbonyl (C=O) groups excluding carboxylic acids is 1. The first-order valence-electron chi connectivity index (χ1n) is 7.97. The molecule has 1 aromatic rings. The van der Waals surface area contributed by atoms with Crippen molar-refractivity contribution in [3.8, 4) is 17.2 Å². The predicted molar refractivity (Wildman–Crippen MR) is 99.7 cm³/mol. The Labute approximate surface area is 148 Å². The number of hydrogen-bond donors (Lipinski definition) is 0. The van der Waals surface area contributed by atoms with Gasteiger partial charge >= 0.3 is 0 Å². The molecule has 4 nitrogen and oxygen atoms in total. The minimum atomic E-state index is -0.195. The fraction of sp³-hybridized carbons (Fsp3) is 0.190. The van der Waals surface area contributed by atoms with Gasteiger partial charge in [-0.3, -0.25) is 4.79 Å². The van der Waals surface area contributed by atoms with Gasteiger partial charge in [-0.15, -0.1) is 0 Å². The van der Waals surface area contributed by atoms with Gasteiger partial charge in [-0.25, -0.2) is 0 Å². The van der Waals surface area contributed by atoms with Crippen molar-refractivity contribution < 1.29 is 19.0 Å². The number of ketones is 1. The van der Waals surface area contributed by atoms with Crippen molar-refractivity contribution in [3.63, 3.8) is 0 Å². The zero-order chi connectivity index (χ0) is 18.1. The minimum Gasteiger partial charge on any atom is -0.496 e. The summed E-state index contributed by atoms with van der Waals surface area (Å²) in [5.74, 6) is 1.14. The Hall–Kier alpha value is -3.01. The third-order valence-corrected chi connectivity index (χ3v) is 3.48. The molecule has 0 heterocycles. The molecule has 1 aliphatic rings. The van der Waals surface area contributed by atoms with Gasteiger partial charge in [-0.05, 0) is 18.1 Å². The number of carbonyl (C=O) groups is 1. The van der Waals surface area contributed by atoms with Crippen molar-refractivity contribution >= 4 is 5.78 Å². The van der Waals surface area contributed by atoms with E-state index in [2.05, 4.69) is 13.2 Å². The molecule has 4 heteroatoms. The van der Waals surface area contributed by atoms with E-state index in [4.69, 9.17) is 14.2 Å². The van der Waals surface area contributed by atoms with Crippen molar-refractivity contribution in [1.82, 2.24) is 0 Å². The van der Waals surface area contributed by atoms with E-state index in [1.807, 2.05) is 18.2 Å². The monoisotopic (exact) mass is 338 g/mol. The van der Waals surface area contributed by atoms with Crippen LogP contribution in [0.4, 0.5) is 0 Å². The highest BCUT2D eigenvalue weighted by atomic mass is 16.5. The normalized spacial score (nSPS) is 12.8. The largest absolute Gasteiger partial charge is 0.496 e. The summed E-state index contributed by atoms with van der Waals surface area (Å²) >= 11 is 0. The molecule has 0 saturated carbocycles. The number of ether oxygens (including phenoxy) is 3. The second-order valence-electron chi connectivity index (χ2n) is 5.27. The fourth-order valence-corrected chi connectivity index (χ4v) is 2.32. The number of methoxy groups -OCH3 is 1. The van der Waals surface area contributed by atoms with E-state index in [-0.39, 0.29) is 12.4 Å². The van der Waals surface area contributed by atoms with E-state index in [9.17, 15) is 4.79 Å². The Kier molecular flexibility index (Phi) is 6.84.